The number of nitrogens with one attached hydrogen (secondary N) is 1. The number of aromatic nitrogens is 1. The summed E-state index contributed by atoms with van der Waals surface area (Å²) in [7, 11) is 3.00. The molecule has 1 aromatic heterocycles. The second kappa shape index (κ2) is 7.69. The van der Waals surface area contributed by atoms with Gasteiger partial charge in [-0.2, -0.15) is 0 Å². The highest BCUT2D eigenvalue weighted by Gasteiger charge is 2.31. The molecule has 0 aliphatic heterocycles. The number of aryl methyl sites for hydroxylation is 1. The number of benzene rings is 1. The van der Waals surface area contributed by atoms with Crippen molar-refractivity contribution in [2.45, 2.75) is 38.1 Å². The monoisotopic (exact) mass is 374 g/mol. The largest absolute Gasteiger partial charge is 0.493 e. The van der Waals surface area contributed by atoms with E-state index in [0.717, 1.165) is 12.8 Å². The van der Waals surface area contributed by atoms with Crippen molar-refractivity contribution in [3.8, 4) is 11.5 Å². The van der Waals surface area contributed by atoms with E-state index in [1.54, 1.807) is 25.1 Å². The average Bonchev–Trinajstić information content (AvgIpc) is 3.42. The van der Waals surface area contributed by atoms with Crippen molar-refractivity contribution >= 4 is 11.9 Å². The minimum atomic E-state index is -1.04. The summed E-state index contributed by atoms with van der Waals surface area (Å²) in [6.07, 6.45) is 1.73. The van der Waals surface area contributed by atoms with E-state index in [1.807, 2.05) is 0 Å². The third-order valence-electron chi connectivity index (χ3n) is 4.44. The Labute approximate surface area is 156 Å². The Hall–Kier alpha value is -3.03. The summed E-state index contributed by atoms with van der Waals surface area (Å²) in [5.74, 6) is 0.404. The first-order valence-corrected chi connectivity index (χ1v) is 8.64. The van der Waals surface area contributed by atoms with Gasteiger partial charge in [0.2, 0.25) is 5.76 Å². The number of oxazole rings is 1. The van der Waals surface area contributed by atoms with Crippen LogP contribution in [0.3, 0.4) is 0 Å². The van der Waals surface area contributed by atoms with Crippen molar-refractivity contribution in [2.24, 2.45) is 0 Å². The second-order valence-electron chi connectivity index (χ2n) is 6.48. The second-order valence-corrected chi connectivity index (χ2v) is 6.48. The van der Waals surface area contributed by atoms with Crippen molar-refractivity contribution in [3.05, 3.63) is 41.1 Å². The molecule has 1 atom stereocenters. The molecule has 0 bridgehead atoms. The number of hydrogen-bond acceptors (Lipinski definition) is 6. The molecule has 1 fully saturated rings. The summed E-state index contributed by atoms with van der Waals surface area (Å²) in [5, 5.41) is 12.0. The lowest BCUT2D eigenvalue weighted by molar-refractivity contribution is -0.137. The topological polar surface area (TPSA) is 111 Å². The smallest absolute Gasteiger partial charge is 0.305 e. The first kappa shape index (κ1) is 18.8. The fourth-order valence-corrected chi connectivity index (χ4v) is 2.85. The summed E-state index contributed by atoms with van der Waals surface area (Å²) in [4.78, 5) is 28.3. The van der Waals surface area contributed by atoms with E-state index >= 15 is 0 Å². The highest BCUT2D eigenvalue weighted by Crippen LogP contribution is 2.40. The third-order valence-corrected chi connectivity index (χ3v) is 4.44. The van der Waals surface area contributed by atoms with E-state index in [1.165, 1.54) is 14.2 Å². The number of methoxy groups -OCH3 is 2. The van der Waals surface area contributed by atoms with Gasteiger partial charge in [-0.05, 0) is 37.5 Å². The van der Waals surface area contributed by atoms with Gasteiger partial charge in [0.25, 0.3) is 5.91 Å². The fourth-order valence-electron chi connectivity index (χ4n) is 2.85. The van der Waals surface area contributed by atoms with Crippen molar-refractivity contribution in [2.75, 3.05) is 14.2 Å². The zero-order valence-corrected chi connectivity index (χ0v) is 15.4. The molecular weight excluding hydrogens is 352 g/mol. The van der Waals surface area contributed by atoms with Crippen LogP contribution < -0.4 is 14.8 Å². The number of carbonyl (C=O) groups excluding carboxylic acids is 1. The summed E-state index contributed by atoms with van der Waals surface area (Å²) in [6, 6.07) is 4.25. The average molecular weight is 374 g/mol. The van der Waals surface area contributed by atoms with Crippen LogP contribution in [-0.2, 0) is 4.79 Å². The molecule has 1 amide bonds. The van der Waals surface area contributed by atoms with Crippen molar-refractivity contribution in [3.63, 3.8) is 0 Å². The molecule has 1 saturated carbocycles. The molecule has 3 rings (SSSR count). The SMILES string of the molecule is COc1ccc(C(CC(=O)O)NC(=O)c2oc(C3CC3)nc2C)cc1OC. The van der Waals surface area contributed by atoms with Crippen LogP contribution in [0.2, 0.25) is 0 Å². The first-order valence-electron chi connectivity index (χ1n) is 8.64. The molecule has 2 N–H and O–H groups in total. The van der Waals surface area contributed by atoms with Crippen LogP contribution in [0.5, 0.6) is 11.5 Å². The zero-order valence-electron chi connectivity index (χ0n) is 15.4. The molecule has 0 spiro atoms. The Kier molecular flexibility index (Phi) is 5.34. The molecule has 8 heteroatoms. The number of amides is 1. The Balaban J connectivity index is 1.84. The van der Waals surface area contributed by atoms with E-state index in [-0.39, 0.29) is 18.1 Å². The van der Waals surface area contributed by atoms with Crippen LogP contribution in [0, 0.1) is 6.92 Å². The number of carboxylic acid groups (broad SMARTS) is 1. The van der Waals surface area contributed by atoms with Crippen LogP contribution in [0.25, 0.3) is 0 Å². The maximum absolute atomic E-state index is 12.7. The normalized spacial score (nSPS) is 14.5. The van der Waals surface area contributed by atoms with Gasteiger partial charge >= 0.3 is 5.97 Å². The lowest BCUT2D eigenvalue weighted by atomic mass is 10.0. The third kappa shape index (κ3) is 4.21. The standard InChI is InChI=1S/C19H22N2O6/c1-10-17(27-19(20-10)11-4-5-11)18(24)21-13(9-16(22)23)12-6-7-14(25-2)15(8-12)26-3/h6-8,11,13H,4-5,9H2,1-3H3,(H,21,24)(H,22,23). The van der Waals surface area contributed by atoms with Gasteiger partial charge < -0.3 is 24.3 Å². The Morgan fingerprint density at radius 1 is 1.30 bits per heavy atom. The maximum atomic E-state index is 12.7. The van der Waals surface area contributed by atoms with Gasteiger partial charge in [0.05, 0.1) is 32.4 Å². The number of carbonyl (C=O) groups is 2. The highest BCUT2D eigenvalue weighted by atomic mass is 16.5. The number of ether oxygens (including phenoxy) is 2. The lowest BCUT2D eigenvalue weighted by Crippen LogP contribution is -2.30. The van der Waals surface area contributed by atoms with Crippen molar-refractivity contribution in [1.29, 1.82) is 0 Å². The molecule has 0 saturated heterocycles. The predicted octanol–water partition coefficient (Wildman–Crippen LogP) is 2.82. The van der Waals surface area contributed by atoms with Gasteiger partial charge in [0.1, 0.15) is 0 Å². The minimum absolute atomic E-state index is 0.118. The number of carboxylic acids is 1. The number of nitrogens with zero attached hydrogens (tertiary/aromatic N) is 1. The molecule has 8 nitrogen and oxygen atoms in total. The fraction of sp³-hybridized carbons (Fsp3) is 0.421. The molecule has 1 aromatic carbocycles. The summed E-state index contributed by atoms with van der Waals surface area (Å²) < 4.78 is 16.1. The summed E-state index contributed by atoms with van der Waals surface area (Å²) in [6.45, 7) is 1.70. The van der Waals surface area contributed by atoms with Gasteiger partial charge in [-0.25, -0.2) is 4.98 Å². The zero-order chi connectivity index (χ0) is 19.6. The van der Waals surface area contributed by atoms with Crippen molar-refractivity contribution in [1.82, 2.24) is 10.3 Å². The number of hydrogen-bond donors (Lipinski definition) is 2. The van der Waals surface area contributed by atoms with Crippen LogP contribution in [-0.4, -0.2) is 36.2 Å². The molecule has 2 aromatic rings. The minimum Gasteiger partial charge on any atom is -0.493 e. The highest BCUT2D eigenvalue weighted by molar-refractivity contribution is 5.93. The Morgan fingerprint density at radius 2 is 2.00 bits per heavy atom. The number of aliphatic carboxylic acids is 1. The maximum Gasteiger partial charge on any atom is 0.305 e. The van der Waals surface area contributed by atoms with Crippen LogP contribution in [0.1, 0.15) is 58.9 Å². The van der Waals surface area contributed by atoms with Gasteiger partial charge in [0, 0.05) is 5.92 Å². The molecule has 144 valence electrons. The van der Waals surface area contributed by atoms with Gasteiger partial charge in [-0.3, -0.25) is 9.59 Å². The van der Waals surface area contributed by atoms with E-state index in [2.05, 4.69) is 10.3 Å². The van der Waals surface area contributed by atoms with Crippen LogP contribution >= 0.6 is 0 Å². The van der Waals surface area contributed by atoms with E-state index in [0.29, 0.717) is 28.6 Å². The molecule has 27 heavy (non-hydrogen) atoms. The lowest BCUT2D eigenvalue weighted by Gasteiger charge is -2.18. The van der Waals surface area contributed by atoms with Crippen molar-refractivity contribution < 1.29 is 28.6 Å². The molecule has 0 radical (unpaired) electrons. The van der Waals surface area contributed by atoms with Crippen LogP contribution in [0.4, 0.5) is 0 Å². The summed E-state index contributed by atoms with van der Waals surface area (Å²) in [5.41, 5.74) is 1.08. The summed E-state index contributed by atoms with van der Waals surface area (Å²) >= 11 is 0. The van der Waals surface area contributed by atoms with Gasteiger partial charge in [-0.1, -0.05) is 6.07 Å². The van der Waals surface area contributed by atoms with E-state index in [9.17, 15) is 14.7 Å². The molecule has 1 unspecified atom stereocenters. The Bertz CT molecular complexity index is 856. The van der Waals surface area contributed by atoms with Gasteiger partial charge in [-0.15, -0.1) is 0 Å². The predicted molar refractivity (Wildman–Crippen MR) is 95.2 cm³/mol. The quantitative estimate of drug-likeness (QED) is 0.731. The van der Waals surface area contributed by atoms with Crippen LogP contribution in [0.15, 0.2) is 22.6 Å². The first-order chi connectivity index (χ1) is 12.9. The molecule has 1 aliphatic rings. The number of rotatable bonds is 8. The molecule has 1 heterocycles. The Morgan fingerprint density at radius 3 is 2.59 bits per heavy atom. The molecule has 1 aliphatic carbocycles. The van der Waals surface area contributed by atoms with Gasteiger partial charge in [0.15, 0.2) is 17.4 Å². The molecular formula is C19H22N2O6. The van der Waals surface area contributed by atoms with E-state index in [4.69, 9.17) is 13.9 Å². The van der Waals surface area contributed by atoms with E-state index < -0.39 is 17.9 Å².